The van der Waals surface area contributed by atoms with Gasteiger partial charge in [-0.15, -0.1) is 16.8 Å². The average Bonchev–Trinajstić information content (AvgIpc) is 3.14. The molecule has 0 saturated carbocycles. The van der Waals surface area contributed by atoms with Crippen molar-refractivity contribution in [2.24, 2.45) is 0 Å². The van der Waals surface area contributed by atoms with E-state index in [1.165, 1.54) is 36.0 Å². The van der Waals surface area contributed by atoms with Gasteiger partial charge in [0.2, 0.25) is 0 Å². The Balaban J connectivity index is 1.58. The number of hydrogen-bond acceptors (Lipinski definition) is 5. The fourth-order valence-corrected chi connectivity index (χ4v) is 3.89. The van der Waals surface area contributed by atoms with Crippen LogP contribution in [0, 0.1) is 5.82 Å². The van der Waals surface area contributed by atoms with Gasteiger partial charge in [-0.25, -0.2) is 4.39 Å². The molecule has 2 aromatic carbocycles. The highest BCUT2D eigenvalue weighted by atomic mass is 79.9. The molecule has 0 spiro atoms. The second-order valence-electron chi connectivity index (χ2n) is 6.53. The fraction of sp³-hybridized carbons (Fsp3) is 0.182. The van der Waals surface area contributed by atoms with E-state index in [0.717, 1.165) is 4.47 Å². The maximum absolute atomic E-state index is 13.0. The van der Waals surface area contributed by atoms with Crippen LogP contribution in [-0.4, -0.2) is 38.8 Å². The van der Waals surface area contributed by atoms with E-state index >= 15 is 0 Å². The number of benzene rings is 2. The molecule has 0 unspecified atom stereocenters. The number of ketones is 1. The Bertz CT molecular complexity index is 1070. The molecule has 6 nitrogen and oxygen atoms in total. The Kier molecular flexibility index (Phi) is 8.13. The van der Waals surface area contributed by atoms with Crippen LogP contribution in [0.25, 0.3) is 0 Å². The molecule has 31 heavy (non-hydrogen) atoms. The summed E-state index contributed by atoms with van der Waals surface area (Å²) in [5.41, 5.74) is 1.02. The molecule has 1 amide bonds. The number of nitrogens with zero attached hydrogens (tertiary/aromatic N) is 3. The molecule has 0 aliphatic heterocycles. The van der Waals surface area contributed by atoms with Crippen molar-refractivity contribution in [2.75, 3.05) is 12.3 Å². The van der Waals surface area contributed by atoms with Crippen LogP contribution in [0.3, 0.4) is 0 Å². The molecule has 1 aromatic heterocycles. The molecule has 1 heterocycles. The summed E-state index contributed by atoms with van der Waals surface area (Å²) in [4.78, 5) is 24.6. The van der Waals surface area contributed by atoms with E-state index in [1.807, 2.05) is 16.7 Å². The van der Waals surface area contributed by atoms with Gasteiger partial charge in [-0.05, 0) is 36.4 Å². The molecule has 0 aliphatic carbocycles. The Morgan fingerprint density at radius 3 is 2.45 bits per heavy atom. The lowest BCUT2D eigenvalue weighted by molar-refractivity contribution is 0.0952. The first-order chi connectivity index (χ1) is 15.0. The first-order valence-electron chi connectivity index (χ1n) is 9.46. The maximum atomic E-state index is 13.0. The summed E-state index contributed by atoms with van der Waals surface area (Å²) in [5.74, 6) is 0.233. The number of halogens is 2. The maximum Gasteiger partial charge on any atom is 0.251 e. The van der Waals surface area contributed by atoms with E-state index in [9.17, 15) is 14.0 Å². The number of nitrogens with one attached hydrogen (secondary N) is 1. The van der Waals surface area contributed by atoms with E-state index in [1.54, 1.807) is 18.2 Å². The van der Waals surface area contributed by atoms with Crippen molar-refractivity contribution in [3.05, 3.63) is 88.4 Å². The van der Waals surface area contributed by atoms with Gasteiger partial charge in [0.1, 0.15) is 11.6 Å². The van der Waals surface area contributed by atoms with Crippen LogP contribution >= 0.6 is 27.7 Å². The molecular weight excluding hydrogens is 483 g/mol. The van der Waals surface area contributed by atoms with Crippen molar-refractivity contribution in [1.29, 1.82) is 0 Å². The number of Topliss-reactive ketones (excluding diaryl/α,β-unsaturated/α-hetero) is 1. The third-order valence-electron chi connectivity index (χ3n) is 4.34. The van der Waals surface area contributed by atoms with E-state index in [2.05, 4.69) is 38.0 Å². The van der Waals surface area contributed by atoms with Gasteiger partial charge in [0, 0.05) is 35.1 Å². The van der Waals surface area contributed by atoms with Crippen LogP contribution in [0.5, 0.6) is 0 Å². The number of carbonyl (C=O) groups excluding carboxylic acids is 2. The Morgan fingerprint density at radius 1 is 1.10 bits per heavy atom. The monoisotopic (exact) mass is 502 g/mol. The second kappa shape index (κ2) is 11.0. The predicted octanol–water partition coefficient (Wildman–Crippen LogP) is 4.31. The SMILES string of the molecule is C=CCn1c(CCNC(=O)c2ccc(F)cc2)nnc1SCC(=O)c1ccc(Br)cc1. The van der Waals surface area contributed by atoms with Crippen molar-refractivity contribution in [3.8, 4) is 0 Å². The number of hydrogen-bond donors (Lipinski definition) is 1. The van der Waals surface area contributed by atoms with E-state index in [-0.39, 0.29) is 17.4 Å². The van der Waals surface area contributed by atoms with Crippen LogP contribution < -0.4 is 5.32 Å². The number of carbonyl (C=O) groups is 2. The highest BCUT2D eigenvalue weighted by Gasteiger charge is 2.15. The number of allylic oxidation sites excluding steroid dienone is 1. The van der Waals surface area contributed by atoms with E-state index < -0.39 is 5.82 Å². The van der Waals surface area contributed by atoms with Gasteiger partial charge in [-0.2, -0.15) is 0 Å². The molecule has 0 bridgehead atoms. The van der Waals surface area contributed by atoms with Gasteiger partial charge >= 0.3 is 0 Å². The summed E-state index contributed by atoms with van der Waals surface area (Å²) in [6, 6.07) is 12.6. The number of aromatic nitrogens is 3. The Hall–Kier alpha value is -2.78. The van der Waals surface area contributed by atoms with Crippen molar-refractivity contribution in [1.82, 2.24) is 20.1 Å². The Morgan fingerprint density at radius 2 is 1.77 bits per heavy atom. The minimum Gasteiger partial charge on any atom is -0.352 e. The minimum atomic E-state index is -0.391. The normalized spacial score (nSPS) is 10.6. The van der Waals surface area contributed by atoms with Crippen LogP contribution in [-0.2, 0) is 13.0 Å². The van der Waals surface area contributed by atoms with Crippen molar-refractivity contribution in [3.63, 3.8) is 0 Å². The molecule has 0 atom stereocenters. The smallest absolute Gasteiger partial charge is 0.251 e. The third-order valence-corrected chi connectivity index (χ3v) is 5.84. The number of amides is 1. The zero-order chi connectivity index (χ0) is 22.2. The molecule has 1 N–H and O–H groups in total. The zero-order valence-electron chi connectivity index (χ0n) is 16.6. The third kappa shape index (κ3) is 6.35. The van der Waals surface area contributed by atoms with Gasteiger partial charge in [-0.3, -0.25) is 9.59 Å². The molecule has 0 fully saturated rings. The second-order valence-corrected chi connectivity index (χ2v) is 8.39. The molecular formula is C22H20BrFN4O2S. The number of rotatable bonds is 10. The minimum absolute atomic E-state index is 0.00114. The van der Waals surface area contributed by atoms with Gasteiger partial charge in [0.25, 0.3) is 5.91 Å². The standard InChI is InChI=1S/C22H20BrFN4O2S/c1-2-13-28-20(11-12-25-21(30)16-5-9-18(24)10-6-16)26-27-22(28)31-14-19(29)15-3-7-17(23)8-4-15/h2-10H,1,11-14H2,(H,25,30). The zero-order valence-corrected chi connectivity index (χ0v) is 19.0. The lowest BCUT2D eigenvalue weighted by Crippen LogP contribution is -2.26. The molecule has 160 valence electrons. The van der Waals surface area contributed by atoms with Crippen LogP contribution in [0.15, 0.2) is 70.8 Å². The van der Waals surface area contributed by atoms with Gasteiger partial charge in [0.15, 0.2) is 10.9 Å². The van der Waals surface area contributed by atoms with E-state index in [4.69, 9.17) is 0 Å². The molecule has 3 rings (SSSR count). The molecule has 9 heteroatoms. The molecule has 3 aromatic rings. The van der Waals surface area contributed by atoms with Gasteiger partial charge in [-0.1, -0.05) is 45.9 Å². The first kappa shape index (κ1) is 22.9. The summed E-state index contributed by atoms with van der Waals surface area (Å²) in [7, 11) is 0. The van der Waals surface area contributed by atoms with Gasteiger partial charge < -0.3 is 9.88 Å². The highest BCUT2D eigenvalue weighted by molar-refractivity contribution is 9.10. The number of thioether (sulfide) groups is 1. The van der Waals surface area contributed by atoms with Crippen molar-refractivity contribution >= 4 is 39.4 Å². The lowest BCUT2D eigenvalue weighted by atomic mass is 10.2. The van der Waals surface area contributed by atoms with E-state index in [0.29, 0.717) is 41.6 Å². The summed E-state index contributed by atoms with van der Waals surface area (Å²) < 4.78 is 15.8. The topological polar surface area (TPSA) is 76.9 Å². The summed E-state index contributed by atoms with van der Waals surface area (Å²) in [6.07, 6.45) is 2.18. The van der Waals surface area contributed by atoms with Crippen LogP contribution in [0.2, 0.25) is 0 Å². The quantitative estimate of drug-likeness (QED) is 0.254. The van der Waals surface area contributed by atoms with Crippen LogP contribution in [0.4, 0.5) is 4.39 Å². The van der Waals surface area contributed by atoms with Gasteiger partial charge in [0.05, 0.1) is 5.75 Å². The fourth-order valence-electron chi connectivity index (χ4n) is 2.76. The lowest BCUT2D eigenvalue weighted by Gasteiger charge is -2.08. The van der Waals surface area contributed by atoms with Crippen molar-refractivity contribution < 1.29 is 14.0 Å². The Labute approximate surface area is 192 Å². The molecule has 0 aliphatic rings. The van der Waals surface area contributed by atoms with Crippen LogP contribution in [0.1, 0.15) is 26.5 Å². The highest BCUT2D eigenvalue weighted by Crippen LogP contribution is 2.20. The van der Waals surface area contributed by atoms with Crippen molar-refractivity contribution in [2.45, 2.75) is 18.1 Å². The molecule has 0 saturated heterocycles. The summed E-state index contributed by atoms with van der Waals surface area (Å²) in [5, 5.41) is 11.8. The first-order valence-corrected chi connectivity index (χ1v) is 11.2. The largest absolute Gasteiger partial charge is 0.352 e. The summed E-state index contributed by atoms with van der Waals surface area (Å²) in [6.45, 7) is 4.60. The predicted molar refractivity (Wildman–Crippen MR) is 122 cm³/mol. The molecule has 0 radical (unpaired) electrons. The average molecular weight is 503 g/mol. The summed E-state index contributed by atoms with van der Waals surface area (Å²) >= 11 is 4.67.